The van der Waals surface area contributed by atoms with Crippen molar-refractivity contribution in [3.63, 3.8) is 0 Å². The first kappa shape index (κ1) is 11.1. The van der Waals surface area contributed by atoms with Gasteiger partial charge < -0.3 is 0 Å². The van der Waals surface area contributed by atoms with Gasteiger partial charge in [-0.2, -0.15) is 0 Å². The van der Waals surface area contributed by atoms with Crippen molar-refractivity contribution in [2.45, 2.75) is 18.8 Å². The summed E-state index contributed by atoms with van der Waals surface area (Å²) in [5, 5.41) is 7.80. The third-order valence-corrected chi connectivity index (χ3v) is 3.44. The summed E-state index contributed by atoms with van der Waals surface area (Å²) in [6, 6.07) is 10.2. The fourth-order valence-electron chi connectivity index (χ4n) is 2.41. The molecule has 2 aromatic rings. The van der Waals surface area contributed by atoms with Gasteiger partial charge >= 0.3 is 0 Å². The molecule has 0 saturated heterocycles. The van der Waals surface area contributed by atoms with Crippen LogP contribution in [0, 0.1) is 5.92 Å². The Balaban J connectivity index is 1.63. The third kappa shape index (κ3) is 2.18. The van der Waals surface area contributed by atoms with Crippen LogP contribution in [0.15, 0.2) is 36.5 Å². The van der Waals surface area contributed by atoms with Gasteiger partial charge in [0.05, 0.1) is 12.1 Å². The van der Waals surface area contributed by atoms with Crippen LogP contribution in [0.1, 0.15) is 23.6 Å². The second-order valence-corrected chi connectivity index (χ2v) is 4.89. The molecule has 0 spiro atoms. The Morgan fingerprint density at radius 3 is 2.83 bits per heavy atom. The molecule has 0 aliphatic heterocycles. The Morgan fingerprint density at radius 2 is 2.17 bits per heavy atom. The number of hydrogen-bond acceptors (Lipinski definition) is 3. The maximum atomic E-state index is 12.1. The number of aromatic nitrogens is 3. The Bertz CT molecular complexity index is 561. The Hall–Kier alpha value is -1.97. The minimum atomic E-state index is 0.175. The number of carbonyl (C=O) groups is 1. The van der Waals surface area contributed by atoms with Crippen LogP contribution >= 0.6 is 0 Å². The van der Waals surface area contributed by atoms with Crippen LogP contribution in [-0.4, -0.2) is 20.8 Å². The summed E-state index contributed by atoms with van der Waals surface area (Å²) in [5.41, 5.74) is 2.04. The van der Waals surface area contributed by atoms with Crippen molar-refractivity contribution in [1.82, 2.24) is 15.0 Å². The molecule has 0 amide bonds. The lowest BCUT2D eigenvalue weighted by molar-refractivity contribution is -0.119. The first-order valence-electron chi connectivity index (χ1n) is 6.17. The van der Waals surface area contributed by atoms with Crippen molar-refractivity contribution in [3.8, 4) is 0 Å². The number of nitrogens with zero attached hydrogens (tertiary/aromatic N) is 3. The van der Waals surface area contributed by atoms with Crippen molar-refractivity contribution in [1.29, 1.82) is 0 Å². The Morgan fingerprint density at radius 1 is 1.39 bits per heavy atom. The molecule has 1 aliphatic rings. The van der Waals surface area contributed by atoms with Crippen molar-refractivity contribution >= 4 is 5.78 Å². The molecule has 2 atom stereocenters. The fourth-order valence-corrected chi connectivity index (χ4v) is 2.41. The maximum Gasteiger partial charge on any atom is 0.142 e. The van der Waals surface area contributed by atoms with E-state index in [1.54, 1.807) is 10.9 Å². The van der Waals surface area contributed by atoms with Gasteiger partial charge in [-0.1, -0.05) is 35.5 Å². The largest absolute Gasteiger partial charge is 0.299 e. The van der Waals surface area contributed by atoms with Crippen molar-refractivity contribution in [2.75, 3.05) is 0 Å². The maximum absolute atomic E-state index is 12.1. The monoisotopic (exact) mass is 241 g/mol. The van der Waals surface area contributed by atoms with Gasteiger partial charge in [0, 0.05) is 19.2 Å². The van der Waals surface area contributed by atoms with Gasteiger partial charge in [-0.15, -0.1) is 5.10 Å². The molecule has 1 aliphatic carbocycles. The normalized spacial score (nSPS) is 21.8. The molecule has 1 saturated carbocycles. The van der Waals surface area contributed by atoms with Crippen molar-refractivity contribution in [3.05, 3.63) is 47.8 Å². The van der Waals surface area contributed by atoms with E-state index in [0.717, 1.165) is 12.1 Å². The highest BCUT2D eigenvalue weighted by Crippen LogP contribution is 2.48. The smallest absolute Gasteiger partial charge is 0.142 e. The van der Waals surface area contributed by atoms with E-state index in [1.807, 2.05) is 25.2 Å². The average molecular weight is 241 g/mol. The molecule has 0 bridgehead atoms. The number of Topliss-reactive ketones (excluding diaryl/α,β-unsaturated/α-hetero) is 1. The second-order valence-electron chi connectivity index (χ2n) is 4.89. The lowest BCUT2D eigenvalue weighted by atomic mass is 10.1. The molecule has 3 rings (SSSR count). The number of ketones is 1. The summed E-state index contributed by atoms with van der Waals surface area (Å²) in [5.74, 6) is 0.870. The highest BCUT2D eigenvalue weighted by molar-refractivity contribution is 5.86. The average Bonchev–Trinajstić information content (AvgIpc) is 3.09. The predicted octanol–water partition coefficient (Wildman–Crippen LogP) is 1.73. The Kier molecular flexibility index (Phi) is 2.70. The third-order valence-electron chi connectivity index (χ3n) is 3.44. The van der Waals surface area contributed by atoms with Crippen LogP contribution in [-0.2, 0) is 18.3 Å². The number of aryl methyl sites for hydroxylation is 1. The van der Waals surface area contributed by atoms with Gasteiger partial charge in [-0.25, -0.2) is 0 Å². The van der Waals surface area contributed by atoms with Crippen LogP contribution in [0.5, 0.6) is 0 Å². The second kappa shape index (κ2) is 4.37. The molecule has 1 heterocycles. The van der Waals surface area contributed by atoms with Gasteiger partial charge in [-0.05, 0) is 17.9 Å². The van der Waals surface area contributed by atoms with Gasteiger partial charge in [0.15, 0.2) is 0 Å². The molecule has 1 fully saturated rings. The van der Waals surface area contributed by atoms with E-state index in [0.29, 0.717) is 12.3 Å². The molecule has 0 N–H and O–H groups in total. The van der Waals surface area contributed by atoms with E-state index in [4.69, 9.17) is 0 Å². The van der Waals surface area contributed by atoms with Gasteiger partial charge in [-0.3, -0.25) is 9.48 Å². The van der Waals surface area contributed by atoms with Gasteiger partial charge in [0.25, 0.3) is 0 Å². The first-order chi connectivity index (χ1) is 8.74. The summed E-state index contributed by atoms with van der Waals surface area (Å²) < 4.78 is 1.63. The number of carbonyl (C=O) groups excluding carboxylic acids is 1. The lowest BCUT2D eigenvalue weighted by Crippen LogP contribution is -2.06. The molecule has 1 aromatic carbocycles. The molecule has 92 valence electrons. The minimum Gasteiger partial charge on any atom is -0.299 e. The molecule has 1 aromatic heterocycles. The topological polar surface area (TPSA) is 47.8 Å². The zero-order valence-electron chi connectivity index (χ0n) is 10.3. The van der Waals surface area contributed by atoms with E-state index in [-0.39, 0.29) is 11.7 Å². The lowest BCUT2D eigenvalue weighted by Gasteiger charge is -1.99. The number of rotatable bonds is 4. The van der Waals surface area contributed by atoms with E-state index < -0.39 is 0 Å². The van der Waals surface area contributed by atoms with Crippen molar-refractivity contribution in [2.24, 2.45) is 13.0 Å². The number of benzene rings is 1. The molecule has 2 unspecified atom stereocenters. The highest BCUT2D eigenvalue weighted by Gasteiger charge is 2.43. The van der Waals surface area contributed by atoms with E-state index in [1.165, 1.54) is 5.56 Å². The zero-order chi connectivity index (χ0) is 12.5. The van der Waals surface area contributed by atoms with E-state index >= 15 is 0 Å². The SMILES string of the molecule is Cn1cc(CC(=O)C2CC2c2ccccc2)nn1. The summed E-state index contributed by atoms with van der Waals surface area (Å²) in [4.78, 5) is 12.1. The van der Waals surface area contributed by atoms with Crippen LogP contribution in [0.4, 0.5) is 0 Å². The first-order valence-corrected chi connectivity index (χ1v) is 6.17. The van der Waals surface area contributed by atoms with Crippen molar-refractivity contribution < 1.29 is 4.79 Å². The van der Waals surface area contributed by atoms with Gasteiger partial charge in [0.2, 0.25) is 0 Å². The van der Waals surface area contributed by atoms with Crippen LogP contribution in [0.2, 0.25) is 0 Å². The standard InChI is InChI=1S/C14H15N3O/c1-17-9-11(15-16-17)7-14(18)13-8-12(13)10-5-3-2-4-6-10/h2-6,9,12-13H,7-8H2,1H3. The highest BCUT2D eigenvalue weighted by atomic mass is 16.1. The molecule has 0 radical (unpaired) electrons. The Labute approximate surface area is 106 Å². The summed E-state index contributed by atoms with van der Waals surface area (Å²) in [7, 11) is 1.81. The molecule has 4 nitrogen and oxygen atoms in total. The summed E-state index contributed by atoms with van der Waals surface area (Å²) >= 11 is 0. The molecular weight excluding hydrogens is 226 g/mol. The predicted molar refractivity (Wildman–Crippen MR) is 67.0 cm³/mol. The van der Waals surface area contributed by atoms with Crippen LogP contribution in [0.25, 0.3) is 0 Å². The minimum absolute atomic E-state index is 0.175. The number of hydrogen-bond donors (Lipinski definition) is 0. The molecule has 4 heteroatoms. The van der Waals surface area contributed by atoms with E-state index in [2.05, 4.69) is 22.4 Å². The quantitative estimate of drug-likeness (QED) is 0.819. The summed E-state index contributed by atoms with van der Waals surface area (Å²) in [6.07, 6.45) is 3.18. The van der Waals surface area contributed by atoms with Crippen LogP contribution in [0.3, 0.4) is 0 Å². The molecule has 18 heavy (non-hydrogen) atoms. The fraction of sp³-hybridized carbons (Fsp3) is 0.357. The van der Waals surface area contributed by atoms with E-state index in [9.17, 15) is 4.79 Å². The van der Waals surface area contributed by atoms with Crippen LogP contribution < -0.4 is 0 Å². The zero-order valence-corrected chi connectivity index (χ0v) is 10.3. The summed E-state index contributed by atoms with van der Waals surface area (Å²) in [6.45, 7) is 0. The molecular formula is C14H15N3O. The van der Waals surface area contributed by atoms with Gasteiger partial charge in [0.1, 0.15) is 5.78 Å².